The molecule has 1 N–H and O–H groups in total. The Balaban J connectivity index is 1.87. The van der Waals surface area contributed by atoms with Crippen LogP contribution in [0.1, 0.15) is 5.69 Å². The molecule has 0 spiro atoms. The molecule has 1 saturated heterocycles. The lowest BCUT2D eigenvalue weighted by Gasteiger charge is -2.36. The maximum absolute atomic E-state index is 11.8. The van der Waals surface area contributed by atoms with E-state index in [4.69, 9.17) is 5.11 Å². The van der Waals surface area contributed by atoms with Gasteiger partial charge in [0.2, 0.25) is 0 Å². The second-order valence-electron chi connectivity index (χ2n) is 3.50. The summed E-state index contributed by atoms with van der Waals surface area (Å²) in [6.07, 6.45) is 3.02. The molecule has 86 valence electrons. The number of aliphatic carboxylic acids is 1. The number of nitrogens with zero attached hydrogens (tertiary/aromatic N) is 2. The number of aromatic nitrogens is 1. The normalized spacial score (nSPS) is 24.6. The molecule has 0 saturated carbocycles. The highest BCUT2D eigenvalue weighted by Gasteiger charge is 2.49. The molecule has 7 heteroatoms. The number of carboxylic acid groups (broad SMARTS) is 1. The number of fused-ring (bicyclic) bond motifs is 1. The zero-order valence-corrected chi connectivity index (χ0v) is 9.18. The van der Waals surface area contributed by atoms with Crippen LogP contribution in [0.4, 0.5) is 0 Å². The first-order valence-corrected chi connectivity index (χ1v) is 5.67. The minimum atomic E-state index is -1.09. The minimum Gasteiger partial charge on any atom is -0.477 e. The van der Waals surface area contributed by atoms with Gasteiger partial charge in [0.15, 0.2) is 0 Å². The molecule has 0 bridgehead atoms. The molecular weight excluding hydrogens is 244 g/mol. The number of hydrogen-bond acceptors (Lipinski definition) is 5. The Kier molecular flexibility index (Phi) is 2.08. The predicted molar refractivity (Wildman–Crippen MR) is 58.4 cm³/mol. The third kappa shape index (κ3) is 1.39. The molecule has 1 fully saturated rings. The van der Waals surface area contributed by atoms with Gasteiger partial charge in [0, 0.05) is 11.5 Å². The zero-order valence-electron chi connectivity index (χ0n) is 8.36. The molecule has 0 unspecified atom stereocenters. The van der Waals surface area contributed by atoms with Crippen molar-refractivity contribution in [3.8, 4) is 0 Å². The van der Waals surface area contributed by atoms with Crippen molar-refractivity contribution in [2.75, 3.05) is 0 Å². The van der Waals surface area contributed by atoms with E-state index in [0.717, 1.165) is 0 Å². The van der Waals surface area contributed by atoms with Gasteiger partial charge in [-0.05, 0) is 6.08 Å². The van der Waals surface area contributed by atoms with Crippen LogP contribution in [0.25, 0.3) is 6.08 Å². The number of carbonyl (C=O) groups is 2. The monoisotopic (exact) mass is 250 g/mol. The third-order valence-electron chi connectivity index (χ3n) is 2.51. The molecule has 17 heavy (non-hydrogen) atoms. The Bertz CT molecular complexity index is 561. The van der Waals surface area contributed by atoms with Crippen LogP contribution in [0.15, 0.2) is 33.5 Å². The molecular formula is C10H6N2O4S. The van der Waals surface area contributed by atoms with Crippen molar-refractivity contribution >= 4 is 29.7 Å². The summed E-state index contributed by atoms with van der Waals surface area (Å²) in [5.41, 5.74) is 1.12. The average molecular weight is 250 g/mol. The van der Waals surface area contributed by atoms with Gasteiger partial charge < -0.3 is 9.63 Å². The topological polar surface area (TPSA) is 83.6 Å². The van der Waals surface area contributed by atoms with Gasteiger partial charge in [-0.2, -0.15) is 0 Å². The summed E-state index contributed by atoms with van der Waals surface area (Å²) in [7, 11) is 0. The van der Waals surface area contributed by atoms with Crippen LogP contribution in [0.5, 0.6) is 0 Å². The van der Waals surface area contributed by atoms with Crippen molar-refractivity contribution in [1.82, 2.24) is 10.1 Å². The molecule has 0 aliphatic carbocycles. The van der Waals surface area contributed by atoms with Crippen LogP contribution in [-0.4, -0.2) is 32.4 Å². The lowest BCUT2D eigenvalue weighted by molar-refractivity contribution is -0.141. The van der Waals surface area contributed by atoms with Gasteiger partial charge in [-0.15, -0.1) is 11.8 Å². The predicted octanol–water partition coefficient (Wildman–Crippen LogP) is 0.899. The van der Waals surface area contributed by atoms with Crippen LogP contribution in [0.3, 0.4) is 0 Å². The quantitative estimate of drug-likeness (QED) is 0.620. The first-order valence-electron chi connectivity index (χ1n) is 4.73. The highest BCUT2D eigenvalue weighted by molar-refractivity contribution is 8.03. The first kappa shape index (κ1) is 10.2. The van der Waals surface area contributed by atoms with Crippen LogP contribution < -0.4 is 0 Å². The number of β-lactam (4-membered cyclic amide) rings is 1. The van der Waals surface area contributed by atoms with Crippen molar-refractivity contribution < 1.29 is 19.2 Å². The van der Waals surface area contributed by atoms with Crippen LogP contribution in [-0.2, 0) is 9.59 Å². The summed E-state index contributed by atoms with van der Waals surface area (Å²) in [4.78, 5) is 23.9. The Morgan fingerprint density at radius 2 is 2.47 bits per heavy atom. The van der Waals surface area contributed by atoms with Crippen molar-refractivity contribution in [2.45, 2.75) is 5.37 Å². The van der Waals surface area contributed by atoms with Gasteiger partial charge in [-0.3, -0.25) is 9.69 Å². The number of carbonyl (C=O) groups excluding carboxylic acids is 1. The standard InChI is InChI=1S/C10H6N2O4S/c13-8-6(3-5-1-2-16-11-5)9-12(8)7(4-17-9)10(14)15/h1-4,9H,(H,14,15)/b6-3+/t9-/m1/s1. The Labute approximate surface area is 99.6 Å². The van der Waals surface area contributed by atoms with E-state index in [1.807, 2.05) is 0 Å². The highest BCUT2D eigenvalue weighted by Crippen LogP contribution is 2.44. The Morgan fingerprint density at radius 1 is 1.65 bits per heavy atom. The molecule has 2 aliphatic rings. The third-order valence-corrected chi connectivity index (χ3v) is 3.60. The second kappa shape index (κ2) is 3.49. The van der Waals surface area contributed by atoms with Gasteiger partial charge in [-0.1, -0.05) is 5.16 Å². The van der Waals surface area contributed by atoms with E-state index in [2.05, 4.69) is 9.68 Å². The fourth-order valence-electron chi connectivity index (χ4n) is 1.72. The molecule has 1 amide bonds. The summed E-state index contributed by atoms with van der Waals surface area (Å²) in [5.74, 6) is -1.38. The van der Waals surface area contributed by atoms with Crippen molar-refractivity contribution in [3.63, 3.8) is 0 Å². The van der Waals surface area contributed by atoms with Crippen LogP contribution in [0, 0.1) is 0 Å². The molecule has 0 radical (unpaired) electrons. The lowest BCUT2D eigenvalue weighted by Crippen LogP contribution is -2.51. The van der Waals surface area contributed by atoms with Gasteiger partial charge in [0.1, 0.15) is 23.0 Å². The molecule has 6 nitrogen and oxygen atoms in total. The molecule has 3 heterocycles. The lowest BCUT2D eigenvalue weighted by atomic mass is 10.0. The summed E-state index contributed by atoms with van der Waals surface area (Å²) in [6, 6.07) is 1.63. The highest BCUT2D eigenvalue weighted by atomic mass is 32.2. The van der Waals surface area contributed by atoms with Gasteiger partial charge in [0.05, 0.1) is 5.57 Å². The SMILES string of the molecule is O=C(O)C1=CS[C@@H]2/C(=C/c3ccon3)C(=O)N12. The molecule has 1 aromatic rings. The molecule has 2 aliphatic heterocycles. The zero-order chi connectivity index (χ0) is 12.0. The smallest absolute Gasteiger partial charge is 0.353 e. The molecule has 1 atom stereocenters. The largest absolute Gasteiger partial charge is 0.477 e. The van der Waals surface area contributed by atoms with Crippen molar-refractivity contribution in [1.29, 1.82) is 0 Å². The van der Waals surface area contributed by atoms with Crippen molar-refractivity contribution in [2.24, 2.45) is 0 Å². The maximum Gasteiger partial charge on any atom is 0.353 e. The van der Waals surface area contributed by atoms with E-state index >= 15 is 0 Å². The Hall–Kier alpha value is -2.02. The van der Waals surface area contributed by atoms with Gasteiger partial charge in [-0.25, -0.2) is 4.79 Å². The first-order chi connectivity index (χ1) is 8.18. The van der Waals surface area contributed by atoms with E-state index in [9.17, 15) is 9.59 Å². The summed E-state index contributed by atoms with van der Waals surface area (Å²) < 4.78 is 4.66. The summed E-state index contributed by atoms with van der Waals surface area (Å²) in [6.45, 7) is 0. The van der Waals surface area contributed by atoms with Gasteiger partial charge in [0.25, 0.3) is 5.91 Å². The van der Waals surface area contributed by atoms with E-state index in [1.54, 1.807) is 12.1 Å². The second-order valence-corrected chi connectivity index (χ2v) is 4.45. The number of amides is 1. The fourth-order valence-corrected chi connectivity index (χ4v) is 2.84. The Morgan fingerprint density at radius 3 is 3.12 bits per heavy atom. The van der Waals surface area contributed by atoms with E-state index < -0.39 is 5.97 Å². The number of rotatable bonds is 2. The summed E-state index contributed by atoms with van der Waals surface area (Å²) in [5, 5.41) is 13.8. The number of hydrogen-bond donors (Lipinski definition) is 1. The van der Waals surface area contributed by atoms with E-state index in [1.165, 1.54) is 28.3 Å². The van der Waals surface area contributed by atoms with Crippen molar-refractivity contribution in [3.05, 3.63) is 34.7 Å². The maximum atomic E-state index is 11.8. The number of thioether (sulfide) groups is 1. The van der Waals surface area contributed by atoms with E-state index in [0.29, 0.717) is 11.3 Å². The van der Waals surface area contributed by atoms with Crippen LogP contribution >= 0.6 is 11.8 Å². The summed E-state index contributed by atoms with van der Waals surface area (Å²) >= 11 is 1.30. The minimum absolute atomic E-state index is 0.0299. The molecule has 1 aromatic heterocycles. The molecule has 0 aromatic carbocycles. The van der Waals surface area contributed by atoms with Crippen LogP contribution in [0.2, 0.25) is 0 Å². The molecule has 3 rings (SSSR count). The van der Waals surface area contributed by atoms with Gasteiger partial charge >= 0.3 is 5.97 Å². The van der Waals surface area contributed by atoms with E-state index in [-0.39, 0.29) is 17.0 Å². The fraction of sp³-hybridized carbons (Fsp3) is 0.100. The number of carboxylic acids is 1. The average Bonchev–Trinajstić information content (AvgIpc) is 2.93.